The Balaban J connectivity index is 1.88. The zero-order valence-corrected chi connectivity index (χ0v) is 12.8. The lowest BCUT2D eigenvalue weighted by Crippen LogP contribution is -2.60. The van der Waals surface area contributed by atoms with Crippen LogP contribution in [0.3, 0.4) is 0 Å². The average Bonchev–Trinajstić information content (AvgIpc) is 2.93. The summed E-state index contributed by atoms with van der Waals surface area (Å²) in [7, 11) is 4.01. The number of hydrogen-bond donors (Lipinski definition) is 2. The van der Waals surface area contributed by atoms with Gasteiger partial charge in [0.25, 0.3) is 0 Å². The van der Waals surface area contributed by atoms with Crippen LogP contribution in [0, 0.1) is 5.92 Å². The molecule has 114 valence electrons. The van der Waals surface area contributed by atoms with Gasteiger partial charge in [0.2, 0.25) is 0 Å². The monoisotopic (exact) mass is 288 g/mol. The molecule has 1 fully saturated rings. The molecule has 21 heavy (non-hydrogen) atoms. The molecule has 3 aliphatic rings. The zero-order chi connectivity index (χ0) is 14.6. The van der Waals surface area contributed by atoms with Crippen LogP contribution in [0.25, 0.3) is 0 Å². The Kier molecular flexibility index (Phi) is 3.03. The molecule has 0 aromatic heterocycles. The van der Waals surface area contributed by atoms with Crippen LogP contribution in [0.15, 0.2) is 18.2 Å². The second-order valence-electron chi connectivity index (χ2n) is 6.88. The molecular weight excluding hydrogens is 264 g/mol. The van der Waals surface area contributed by atoms with Crippen molar-refractivity contribution in [1.82, 2.24) is 4.90 Å². The molecular formula is C17H24N2O2. The summed E-state index contributed by atoms with van der Waals surface area (Å²) in [4.78, 5) is 2.40. The number of likely N-dealkylation sites (N-methyl/N-ethyl adjacent to an activating group) is 1. The molecule has 0 unspecified atom stereocenters. The minimum Gasteiger partial charge on any atom is -0.396 e. The number of likely N-dealkylation sites (tertiary alicyclic amines) is 1. The van der Waals surface area contributed by atoms with Crippen molar-refractivity contribution < 1.29 is 9.84 Å². The third kappa shape index (κ3) is 1.73. The van der Waals surface area contributed by atoms with Crippen LogP contribution in [-0.4, -0.2) is 49.9 Å². The van der Waals surface area contributed by atoms with Crippen molar-refractivity contribution in [3.05, 3.63) is 29.3 Å². The van der Waals surface area contributed by atoms with E-state index in [4.69, 9.17) is 4.74 Å². The fourth-order valence-corrected chi connectivity index (χ4v) is 4.97. The summed E-state index contributed by atoms with van der Waals surface area (Å²) in [5.41, 5.74) is 3.82. The number of nitrogens with zero attached hydrogens (tertiary/aromatic N) is 1. The molecule has 0 radical (unpaired) electrons. The first-order chi connectivity index (χ1) is 10.2. The fraction of sp³-hybridized carbons (Fsp3) is 0.647. The van der Waals surface area contributed by atoms with Crippen LogP contribution in [-0.2, 0) is 10.3 Å². The zero-order valence-electron chi connectivity index (χ0n) is 12.8. The number of aliphatic hydroxyl groups excluding tert-OH is 1. The molecule has 1 aliphatic carbocycles. The van der Waals surface area contributed by atoms with Crippen molar-refractivity contribution in [1.29, 1.82) is 0 Å². The molecule has 4 heteroatoms. The van der Waals surface area contributed by atoms with Crippen molar-refractivity contribution >= 4 is 5.69 Å². The highest BCUT2D eigenvalue weighted by atomic mass is 16.5. The second-order valence-corrected chi connectivity index (χ2v) is 6.88. The average molecular weight is 288 g/mol. The van der Waals surface area contributed by atoms with Crippen molar-refractivity contribution in [2.75, 3.05) is 39.2 Å². The van der Waals surface area contributed by atoms with E-state index < -0.39 is 0 Å². The molecule has 2 heterocycles. The van der Waals surface area contributed by atoms with Gasteiger partial charge in [-0.1, -0.05) is 12.1 Å². The van der Waals surface area contributed by atoms with Crippen LogP contribution in [0.2, 0.25) is 0 Å². The molecule has 1 aromatic carbocycles. The Bertz CT molecular complexity index is 562. The number of benzene rings is 1. The maximum absolute atomic E-state index is 9.68. The SMILES string of the molecule is CO[C@]12C[C@@H](CO)CN(C)[C@@H]1C[C@@H]1CNc3cccc2c31. The Morgan fingerprint density at radius 1 is 1.48 bits per heavy atom. The molecule has 0 bridgehead atoms. The Morgan fingerprint density at radius 2 is 2.33 bits per heavy atom. The van der Waals surface area contributed by atoms with Crippen molar-refractivity contribution in [3.8, 4) is 0 Å². The third-order valence-electron chi connectivity index (χ3n) is 5.85. The highest BCUT2D eigenvalue weighted by Crippen LogP contribution is 2.54. The van der Waals surface area contributed by atoms with Crippen molar-refractivity contribution in [2.24, 2.45) is 5.92 Å². The van der Waals surface area contributed by atoms with Crippen molar-refractivity contribution in [2.45, 2.75) is 30.4 Å². The summed E-state index contributed by atoms with van der Waals surface area (Å²) in [6.45, 7) is 2.24. The smallest absolute Gasteiger partial charge is 0.109 e. The highest BCUT2D eigenvalue weighted by Gasteiger charge is 2.54. The molecule has 1 saturated heterocycles. The van der Waals surface area contributed by atoms with E-state index in [-0.39, 0.29) is 18.1 Å². The quantitative estimate of drug-likeness (QED) is 0.870. The largest absolute Gasteiger partial charge is 0.396 e. The third-order valence-corrected chi connectivity index (χ3v) is 5.85. The number of fused-ring (bicyclic) bond motifs is 2. The number of methoxy groups -OCH3 is 1. The molecule has 0 amide bonds. The molecule has 1 aromatic rings. The lowest BCUT2D eigenvalue weighted by Gasteiger charge is -2.54. The minimum absolute atomic E-state index is 0.235. The van der Waals surface area contributed by atoms with E-state index in [0.717, 1.165) is 25.9 Å². The Morgan fingerprint density at radius 3 is 3.10 bits per heavy atom. The molecule has 2 N–H and O–H groups in total. The van der Waals surface area contributed by atoms with Gasteiger partial charge in [-0.25, -0.2) is 0 Å². The van der Waals surface area contributed by atoms with Gasteiger partial charge in [-0.05, 0) is 43.0 Å². The molecule has 4 atom stereocenters. The van der Waals surface area contributed by atoms with Gasteiger partial charge in [-0.2, -0.15) is 0 Å². The van der Waals surface area contributed by atoms with Gasteiger partial charge >= 0.3 is 0 Å². The summed E-state index contributed by atoms with van der Waals surface area (Å²) >= 11 is 0. The first kappa shape index (κ1) is 13.6. The minimum atomic E-state index is -0.270. The van der Waals surface area contributed by atoms with E-state index in [1.54, 1.807) is 0 Å². The molecule has 4 rings (SSSR count). The van der Waals surface area contributed by atoms with Crippen LogP contribution < -0.4 is 5.32 Å². The van der Waals surface area contributed by atoms with E-state index in [2.05, 4.69) is 35.5 Å². The lowest BCUT2D eigenvalue weighted by molar-refractivity contribution is -0.138. The summed E-state index contributed by atoms with van der Waals surface area (Å²) < 4.78 is 6.16. The Hall–Kier alpha value is -1.10. The molecule has 2 aliphatic heterocycles. The maximum Gasteiger partial charge on any atom is 0.109 e. The highest BCUT2D eigenvalue weighted by molar-refractivity contribution is 5.63. The van der Waals surface area contributed by atoms with Crippen LogP contribution >= 0.6 is 0 Å². The summed E-state index contributed by atoms with van der Waals surface area (Å²) in [6, 6.07) is 6.95. The summed E-state index contributed by atoms with van der Waals surface area (Å²) in [5.74, 6) is 0.880. The lowest BCUT2D eigenvalue weighted by atomic mass is 9.65. The second kappa shape index (κ2) is 4.70. The van der Waals surface area contributed by atoms with Crippen LogP contribution in [0.1, 0.15) is 29.9 Å². The fourth-order valence-electron chi connectivity index (χ4n) is 4.97. The van der Waals surface area contributed by atoms with Gasteiger partial charge in [-0.3, -0.25) is 4.90 Å². The van der Waals surface area contributed by atoms with Crippen LogP contribution in [0.4, 0.5) is 5.69 Å². The first-order valence-corrected chi connectivity index (χ1v) is 7.93. The molecule has 4 nitrogen and oxygen atoms in total. The Labute approximate surface area is 126 Å². The molecule has 0 spiro atoms. The first-order valence-electron chi connectivity index (χ1n) is 7.93. The number of nitrogens with one attached hydrogen (secondary N) is 1. The summed E-state index contributed by atoms with van der Waals surface area (Å²) in [6.07, 6.45) is 2.05. The number of anilines is 1. The number of rotatable bonds is 2. The number of aliphatic hydroxyl groups is 1. The van der Waals surface area contributed by atoms with Gasteiger partial charge in [-0.15, -0.1) is 0 Å². The van der Waals surface area contributed by atoms with Crippen LogP contribution in [0.5, 0.6) is 0 Å². The van der Waals surface area contributed by atoms with Gasteiger partial charge in [0, 0.05) is 44.5 Å². The van der Waals surface area contributed by atoms with E-state index in [1.807, 2.05) is 7.11 Å². The number of hydrogen-bond acceptors (Lipinski definition) is 4. The van der Waals surface area contributed by atoms with Crippen molar-refractivity contribution in [3.63, 3.8) is 0 Å². The molecule has 0 saturated carbocycles. The predicted octanol–water partition coefficient (Wildman–Crippen LogP) is 1.75. The normalized spacial score (nSPS) is 37.8. The number of piperidine rings is 1. The van der Waals surface area contributed by atoms with Gasteiger partial charge < -0.3 is 15.2 Å². The van der Waals surface area contributed by atoms with E-state index in [9.17, 15) is 5.11 Å². The standard InChI is InChI=1S/C17H24N2O2/c1-19-9-11(10-20)7-17(21-2)13-4-3-5-14-16(13)12(8-18-14)6-15(17)19/h3-5,11-12,15,18,20H,6-10H2,1-2H3/t11-,12-,15-,17+/m1/s1. The topological polar surface area (TPSA) is 44.7 Å². The number of ether oxygens (including phenoxy) is 1. The predicted molar refractivity (Wildman–Crippen MR) is 82.6 cm³/mol. The van der Waals surface area contributed by atoms with Gasteiger partial charge in [0.15, 0.2) is 0 Å². The van der Waals surface area contributed by atoms with Gasteiger partial charge in [0.05, 0.1) is 0 Å². The van der Waals surface area contributed by atoms with E-state index in [1.165, 1.54) is 16.8 Å². The maximum atomic E-state index is 9.68. The van der Waals surface area contributed by atoms with Gasteiger partial charge in [0.1, 0.15) is 5.60 Å². The summed E-state index contributed by atoms with van der Waals surface area (Å²) in [5, 5.41) is 13.2. The van der Waals surface area contributed by atoms with E-state index in [0.29, 0.717) is 12.0 Å². The van der Waals surface area contributed by atoms with E-state index >= 15 is 0 Å².